The van der Waals surface area contributed by atoms with E-state index in [2.05, 4.69) is 13.8 Å². The topological polar surface area (TPSA) is 26.3 Å². The van der Waals surface area contributed by atoms with Crippen molar-refractivity contribution in [2.45, 2.75) is 27.7 Å². The largest absolute Gasteiger partial charge is 0.469 e. The van der Waals surface area contributed by atoms with Crippen LogP contribution >= 0.6 is 0 Å². The van der Waals surface area contributed by atoms with Crippen LogP contribution in [0.3, 0.4) is 0 Å². The second-order valence-electron chi connectivity index (χ2n) is 4.09. The predicted molar refractivity (Wildman–Crippen MR) is 47.7 cm³/mol. The lowest BCUT2D eigenvalue weighted by molar-refractivity contribution is -0.142. The molecule has 1 saturated carbocycles. The van der Waals surface area contributed by atoms with Gasteiger partial charge in [-0.2, -0.15) is 0 Å². The van der Waals surface area contributed by atoms with Gasteiger partial charge < -0.3 is 4.74 Å². The summed E-state index contributed by atoms with van der Waals surface area (Å²) >= 11 is 0. The molecule has 0 aliphatic heterocycles. The fourth-order valence-corrected chi connectivity index (χ4v) is 2.01. The normalized spacial score (nSPS) is 25.1. The van der Waals surface area contributed by atoms with E-state index < -0.39 is 0 Å². The fourth-order valence-electron chi connectivity index (χ4n) is 2.01. The Morgan fingerprint density at radius 2 is 1.92 bits per heavy atom. The highest BCUT2D eigenvalue weighted by Gasteiger charge is 2.57. The van der Waals surface area contributed by atoms with E-state index in [-0.39, 0.29) is 17.3 Å². The summed E-state index contributed by atoms with van der Waals surface area (Å²) in [7, 11) is 1.44. The van der Waals surface area contributed by atoms with Crippen molar-refractivity contribution in [2.75, 3.05) is 7.11 Å². The average Bonchev–Trinajstić information content (AvgIpc) is 2.52. The molecule has 2 nitrogen and oxygen atoms in total. The van der Waals surface area contributed by atoms with Gasteiger partial charge in [-0.05, 0) is 19.4 Å². The first-order valence-corrected chi connectivity index (χ1v) is 4.18. The maximum absolute atomic E-state index is 11.2. The standard InChI is InChI=1S/C10H16O2/c1-6(2)7-8(9(11)12-5)10(7,3)4/h8H,1-5H3. The molecule has 0 heterocycles. The SMILES string of the molecule is COC(=O)C1C(=C(C)C)C1(C)C. The van der Waals surface area contributed by atoms with Gasteiger partial charge in [0.1, 0.15) is 0 Å². The summed E-state index contributed by atoms with van der Waals surface area (Å²) in [5, 5.41) is 0. The highest BCUT2D eigenvalue weighted by atomic mass is 16.5. The number of hydrogen-bond donors (Lipinski definition) is 0. The molecule has 68 valence electrons. The molecule has 0 N–H and O–H groups in total. The van der Waals surface area contributed by atoms with Crippen LogP contribution in [0.2, 0.25) is 0 Å². The van der Waals surface area contributed by atoms with Gasteiger partial charge in [-0.15, -0.1) is 0 Å². The number of allylic oxidation sites excluding steroid dienone is 1. The Bertz CT molecular complexity index is 245. The molecule has 0 aromatic rings. The summed E-state index contributed by atoms with van der Waals surface area (Å²) in [6, 6.07) is 0. The molecule has 12 heavy (non-hydrogen) atoms. The lowest BCUT2D eigenvalue weighted by Crippen LogP contribution is -2.07. The monoisotopic (exact) mass is 168 g/mol. The molecule has 0 radical (unpaired) electrons. The van der Waals surface area contributed by atoms with E-state index in [4.69, 9.17) is 4.74 Å². The molecule has 0 aromatic carbocycles. The summed E-state index contributed by atoms with van der Waals surface area (Å²) in [6.45, 7) is 8.24. The van der Waals surface area contributed by atoms with Crippen LogP contribution in [0.15, 0.2) is 11.1 Å². The Morgan fingerprint density at radius 1 is 1.42 bits per heavy atom. The van der Waals surface area contributed by atoms with Gasteiger partial charge >= 0.3 is 5.97 Å². The molecule has 0 saturated heterocycles. The van der Waals surface area contributed by atoms with Crippen LogP contribution in [-0.4, -0.2) is 13.1 Å². The third-order valence-electron chi connectivity index (χ3n) is 2.60. The first kappa shape index (κ1) is 9.30. The minimum absolute atomic E-state index is 0.00694. The minimum atomic E-state index is -0.101. The first-order valence-electron chi connectivity index (χ1n) is 4.18. The lowest BCUT2D eigenvalue weighted by atomic mass is 10.1. The highest BCUT2D eigenvalue weighted by molar-refractivity contribution is 5.84. The van der Waals surface area contributed by atoms with Crippen molar-refractivity contribution in [3.05, 3.63) is 11.1 Å². The van der Waals surface area contributed by atoms with Crippen LogP contribution in [0.4, 0.5) is 0 Å². The Hall–Kier alpha value is -0.790. The summed E-state index contributed by atoms with van der Waals surface area (Å²) < 4.78 is 4.72. The van der Waals surface area contributed by atoms with Crippen LogP contribution in [0.1, 0.15) is 27.7 Å². The first-order chi connectivity index (χ1) is 5.42. The quantitative estimate of drug-likeness (QED) is 0.443. The van der Waals surface area contributed by atoms with Crippen LogP contribution in [0, 0.1) is 11.3 Å². The predicted octanol–water partition coefficient (Wildman–Crippen LogP) is 2.15. The Labute approximate surface area is 73.6 Å². The number of hydrogen-bond acceptors (Lipinski definition) is 2. The van der Waals surface area contributed by atoms with Crippen molar-refractivity contribution in [1.82, 2.24) is 0 Å². The van der Waals surface area contributed by atoms with E-state index >= 15 is 0 Å². The van der Waals surface area contributed by atoms with E-state index in [9.17, 15) is 4.79 Å². The van der Waals surface area contributed by atoms with Gasteiger partial charge in [-0.3, -0.25) is 4.79 Å². The van der Waals surface area contributed by atoms with Crippen molar-refractivity contribution < 1.29 is 9.53 Å². The number of methoxy groups -OCH3 is 1. The molecule has 0 amide bonds. The summed E-state index contributed by atoms with van der Waals surface area (Å²) in [4.78, 5) is 11.2. The van der Waals surface area contributed by atoms with Gasteiger partial charge in [0.25, 0.3) is 0 Å². The third kappa shape index (κ3) is 1.15. The molecule has 1 atom stereocenters. The summed E-state index contributed by atoms with van der Waals surface area (Å²) in [6.07, 6.45) is 0. The molecule has 0 bridgehead atoms. The zero-order chi connectivity index (χ0) is 9.52. The Morgan fingerprint density at radius 3 is 2.17 bits per heavy atom. The molecule has 1 fully saturated rings. The second kappa shape index (κ2) is 2.61. The highest BCUT2D eigenvalue weighted by Crippen LogP contribution is 2.59. The van der Waals surface area contributed by atoms with Gasteiger partial charge in [0.2, 0.25) is 0 Å². The van der Waals surface area contributed by atoms with Gasteiger partial charge in [0.15, 0.2) is 0 Å². The summed E-state index contributed by atoms with van der Waals surface area (Å²) in [5.41, 5.74) is 2.52. The zero-order valence-electron chi connectivity index (χ0n) is 8.39. The van der Waals surface area contributed by atoms with Crippen LogP contribution < -0.4 is 0 Å². The van der Waals surface area contributed by atoms with Gasteiger partial charge in [-0.1, -0.05) is 19.4 Å². The van der Waals surface area contributed by atoms with Gasteiger partial charge in [0.05, 0.1) is 13.0 Å². The van der Waals surface area contributed by atoms with Crippen LogP contribution in [0.5, 0.6) is 0 Å². The van der Waals surface area contributed by atoms with Gasteiger partial charge in [-0.25, -0.2) is 0 Å². The Balaban J connectivity index is 2.88. The molecule has 0 spiro atoms. The van der Waals surface area contributed by atoms with Crippen molar-refractivity contribution in [3.63, 3.8) is 0 Å². The second-order valence-corrected chi connectivity index (χ2v) is 4.09. The fraction of sp³-hybridized carbons (Fsp3) is 0.700. The van der Waals surface area contributed by atoms with Crippen LogP contribution in [0.25, 0.3) is 0 Å². The van der Waals surface area contributed by atoms with E-state index in [1.54, 1.807) is 0 Å². The smallest absolute Gasteiger partial charge is 0.313 e. The van der Waals surface area contributed by atoms with E-state index in [1.807, 2.05) is 13.8 Å². The van der Waals surface area contributed by atoms with Crippen molar-refractivity contribution in [1.29, 1.82) is 0 Å². The van der Waals surface area contributed by atoms with Crippen molar-refractivity contribution >= 4 is 5.97 Å². The molecule has 1 aliphatic rings. The summed E-state index contributed by atoms with van der Waals surface area (Å²) in [5.74, 6) is -0.0938. The number of carbonyl (C=O) groups is 1. The number of rotatable bonds is 1. The number of carbonyl (C=O) groups excluding carboxylic acids is 1. The molecular formula is C10H16O2. The number of ether oxygens (including phenoxy) is 1. The van der Waals surface area contributed by atoms with Crippen molar-refractivity contribution in [2.24, 2.45) is 11.3 Å². The zero-order valence-corrected chi connectivity index (χ0v) is 8.39. The maximum Gasteiger partial charge on any atom is 0.313 e. The van der Waals surface area contributed by atoms with Crippen LogP contribution in [-0.2, 0) is 9.53 Å². The molecule has 2 heteroatoms. The van der Waals surface area contributed by atoms with Gasteiger partial charge in [0, 0.05) is 5.41 Å². The number of esters is 1. The Kier molecular flexibility index (Phi) is 2.02. The average molecular weight is 168 g/mol. The third-order valence-corrected chi connectivity index (χ3v) is 2.60. The van der Waals surface area contributed by atoms with E-state index in [1.165, 1.54) is 18.3 Å². The molecule has 1 unspecified atom stereocenters. The maximum atomic E-state index is 11.2. The molecule has 0 aromatic heterocycles. The molecule has 1 rings (SSSR count). The van der Waals surface area contributed by atoms with Crippen molar-refractivity contribution in [3.8, 4) is 0 Å². The molecular weight excluding hydrogens is 152 g/mol. The minimum Gasteiger partial charge on any atom is -0.469 e. The van der Waals surface area contributed by atoms with E-state index in [0.717, 1.165) is 0 Å². The lowest BCUT2D eigenvalue weighted by Gasteiger charge is -1.97. The van der Waals surface area contributed by atoms with E-state index in [0.29, 0.717) is 0 Å². The molecule has 1 aliphatic carbocycles.